The van der Waals surface area contributed by atoms with E-state index in [2.05, 4.69) is 0 Å². The van der Waals surface area contributed by atoms with E-state index in [0.29, 0.717) is 0 Å². The highest BCUT2D eigenvalue weighted by Crippen LogP contribution is 2.33. The van der Waals surface area contributed by atoms with Crippen LogP contribution in [0.4, 0.5) is 0 Å². The Hall–Kier alpha value is -0.440. The Kier molecular flexibility index (Phi) is 10.8. The maximum absolute atomic E-state index is 10.3. The SMILES string of the molecule is COC[C@@H]1O[C@@H](O[C@H]2[C@@H](OC)[C@H](OC)[C@H](O)O[C@H]2COC)[C@H](OC)[C@H](OC)[C@@H]1OC. The Bertz CT molecular complexity index is 481. The molecule has 0 radical (unpaired) electrons. The minimum absolute atomic E-state index is 0.165. The highest BCUT2D eigenvalue weighted by Gasteiger charge is 2.52. The average Bonchev–Trinajstić information content (AvgIpc) is 2.74. The van der Waals surface area contributed by atoms with E-state index in [0.717, 1.165) is 0 Å². The normalized spacial score (nSPS) is 42.4. The van der Waals surface area contributed by atoms with Crippen LogP contribution in [0, 0.1) is 0 Å². The van der Waals surface area contributed by atoms with E-state index >= 15 is 0 Å². The highest BCUT2D eigenvalue weighted by molar-refractivity contribution is 4.96. The molecule has 2 heterocycles. The molecule has 0 aromatic heterocycles. The van der Waals surface area contributed by atoms with Gasteiger partial charge in [0.25, 0.3) is 0 Å². The molecule has 0 bridgehead atoms. The van der Waals surface area contributed by atoms with Crippen LogP contribution >= 0.6 is 0 Å². The fraction of sp³-hybridized carbons (Fsp3) is 1.00. The molecule has 0 unspecified atom stereocenters. The smallest absolute Gasteiger partial charge is 0.187 e. The van der Waals surface area contributed by atoms with E-state index in [4.69, 9.17) is 47.4 Å². The summed E-state index contributed by atoms with van der Waals surface area (Å²) in [6.07, 6.45) is -6.77. The van der Waals surface area contributed by atoms with E-state index in [1.807, 2.05) is 0 Å². The third-order valence-corrected chi connectivity index (χ3v) is 5.51. The van der Waals surface area contributed by atoms with Crippen LogP contribution in [0.2, 0.25) is 0 Å². The maximum Gasteiger partial charge on any atom is 0.187 e. The molecule has 178 valence electrons. The summed E-state index contributed by atoms with van der Waals surface area (Å²) in [4.78, 5) is 0. The Balaban J connectivity index is 2.31. The maximum atomic E-state index is 10.3. The molecule has 0 aromatic rings. The summed E-state index contributed by atoms with van der Waals surface area (Å²) in [5.41, 5.74) is 0. The van der Waals surface area contributed by atoms with Crippen LogP contribution in [0.25, 0.3) is 0 Å². The summed E-state index contributed by atoms with van der Waals surface area (Å²) < 4.78 is 56.6. The van der Waals surface area contributed by atoms with E-state index in [-0.39, 0.29) is 13.2 Å². The van der Waals surface area contributed by atoms with Gasteiger partial charge in [-0.15, -0.1) is 0 Å². The first-order valence-corrected chi connectivity index (χ1v) is 9.77. The molecule has 2 fully saturated rings. The summed E-state index contributed by atoms with van der Waals surface area (Å²) in [6.45, 7) is 0.433. The zero-order valence-corrected chi connectivity index (χ0v) is 18.7. The Morgan fingerprint density at radius 1 is 0.567 bits per heavy atom. The number of ether oxygens (including phenoxy) is 10. The zero-order chi connectivity index (χ0) is 22.3. The van der Waals surface area contributed by atoms with E-state index < -0.39 is 61.4 Å². The second-order valence-electron chi connectivity index (χ2n) is 7.12. The number of hydrogen-bond donors (Lipinski definition) is 1. The quantitative estimate of drug-likeness (QED) is 0.435. The van der Waals surface area contributed by atoms with Crippen molar-refractivity contribution >= 4 is 0 Å². The first-order valence-electron chi connectivity index (χ1n) is 9.77. The van der Waals surface area contributed by atoms with Gasteiger partial charge in [-0.25, -0.2) is 0 Å². The summed E-state index contributed by atoms with van der Waals surface area (Å²) in [6, 6.07) is 0. The molecular weight excluding hydrogens is 404 g/mol. The van der Waals surface area contributed by atoms with Gasteiger partial charge in [0.2, 0.25) is 0 Å². The van der Waals surface area contributed by atoms with Crippen molar-refractivity contribution < 1.29 is 52.5 Å². The molecule has 0 saturated carbocycles. The number of hydrogen-bond acceptors (Lipinski definition) is 11. The third-order valence-electron chi connectivity index (χ3n) is 5.51. The van der Waals surface area contributed by atoms with Crippen LogP contribution in [-0.4, -0.2) is 130 Å². The van der Waals surface area contributed by atoms with Crippen LogP contribution in [0.15, 0.2) is 0 Å². The Morgan fingerprint density at radius 3 is 1.50 bits per heavy atom. The lowest BCUT2D eigenvalue weighted by Gasteiger charge is -2.48. The molecule has 30 heavy (non-hydrogen) atoms. The van der Waals surface area contributed by atoms with Gasteiger partial charge in [-0.2, -0.15) is 0 Å². The van der Waals surface area contributed by atoms with Crippen molar-refractivity contribution in [1.29, 1.82) is 0 Å². The molecule has 1 N–H and O–H groups in total. The third kappa shape index (κ3) is 5.48. The van der Waals surface area contributed by atoms with Gasteiger partial charge < -0.3 is 52.5 Å². The Labute approximate surface area is 177 Å². The minimum atomic E-state index is -1.20. The predicted octanol–water partition coefficient (Wildman–Crippen LogP) is -0.818. The van der Waals surface area contributed by atoms with Gasteiger partial charge >= 0.3 is 0 Å². The van der Waals surface area contributed by atoms with Crippen molar-refractivity contribution in [2.75, 3.05) is 63.0 Å². The van der Waals surface area contributed by atoms with Gasteiger partial charge in [-0.3, -0.25) is 0 Å². The molecule has 0 amide bonds. The van der Waals surface area contributed by atoms with Crippen molar-refractivity contribution in [3.63, 3.8) is 0 Å². The average molecular weight is 440 g/mol. The van der Waals surface area contributed by atoms with Crippen molar-refractivity contribution in [1.82, 2.24) is 0 Å². The molecule has 0 aromatic carbocycles. The topological polar surface area (TPSA) is 113 Å². The van der Waals surface area contributed by atoms with Crippen molar-refractivity contribution in [3.05, 3.63) is 0 Å². The van der Waals surface area contributed by atoms with E-state index in [1.165, 1.54) is 21.3 Å². The molecule has 2 aliphatic heterocycles. The number of rotatable bonds is 11. The predicted molar refractivity (Wildman–Crippen MR) is 102 cm³/mol. The summed E-state index contributed by atoms with van der Waals surface area (Å²) in [7, 11) is 10.8. The number of methoxy groups -OCH3 is 7. The molecule has 0 spiro atoms. The van der Waals surface area contributed by atoms with Gasteiger partial charge in [-0.05, 0) is 0 Å². The van der Waals surface area contributed by atoms with Crippen LogP contribution in [0.5, 0.6) is 0 Å². The molecule has 2 rings (SSSR count). The first-order chi connectivity index (χ1) is 14.5. The standard InChI is InChI=1S/C19H36O11/c1-21-8-10-12(23-3)14(24-4)17(27-7)19(29-10)30-13-11(9-22-2)28-18(20)16(26-6)15(13)25-5/h10-20H,8-9H2,1-7H3/t10-,11-,12+,13+,14+,15+,16-,17+,18+,19-/m0/s1. The molecule has 11 heteroatoms. The first kappa shape index (κ1) is 25.8. The van der Waals surface area contributed by atoms with Crippen molar-refractivity contribution in [3.8, 4) is 0 Å². The molecule has 2 saturated heterocycles. The minimum Gasteiger partial charge on any atom is -0.382 e. The lowest BCUT2D eigenvalue weighted by molar-refractivity contribution is -0.363. The lowest BCUT2D eigenvalue weighted by Crippen LogP contribution is -2.65. The zero-order valence-electron chi connectivity index (χ0n) is 18.7. The fourth-order valence-electron chi connectivity index (χ4n) is 4.12. The van der Waals surface area contributed by atoms with Crippen LogP contribution in [0.1, 0.15) is 0 Å². The number of aliphatic hydroxyl groups excluding tert-OH is 1. The van der Waals surface area contributed by atoms with Crippen molar-refractivity contribution in [2.45, 2.75) is 61.4 Å². The second-order valence-corrected chi connectivity index (χ2v) is 7.12. The van der Waals surface area contributed by atoms with Crippen LogP contribution in [0.3, 0.4) is 0 Å². The monoisotopic (exact) mass is 440 g/mol. The van der Waals surface area contributed by atoms with Crippen molar-refractivity contribution in [2.24, 2.45) is 0 Å². The molecule has 11 nitrogen and oxygen atoms in total. The summed E-state index contributed by atoms with van der Waals surface area (Å²) in [5.74, 6) is 0. The summed E-state index contributed by atoms with van der Waals surface area (Å²) in [5, 5.41) is 10.3. The van der Waals surface area contributed by atoms with Gasteiger partial charge in [-0.1, -0.05) is 0 Å². The summed E-state index contributed by atoms with van der Waals surface area (Å²) >= 11 is 0. The highest BCUT2D eigenvalue weighted by atomic mass is 16.7. The fourth-order valence-corrected chi connectivity index (χ4v) is 4.12. The van der Waals surface area contributed by atoms with Crippen LogP contribution < -0.4 is 0 Å². The van der Waals surface area contributed by atoms with Gasteiger partial charge in [0.15, 0.2) is 12.6 Å². The second kappa shape index (κ2) is 12.6. The molecule has 10 atom stereocenters. The molecular formula is C19H36O11. The van der Waals surface area contributed by atoms with E-state index in [1.54, 1.807) is 28.4 Å². The van der Waals surface area contributed by atoms with Gasteiger partial charge in [0, 0.05) is 49.8 Å². The van der Waals surface area contributed by atoms with Crippen LogP contribution in [-0.2, 0) is 47.4 Å². The molecule has 0 aliphatic carbocycles. The largest absolute Gasteiger partial charge is 0.382 e. The lowest BCUT2D eigenvalue weighted by atomic mass is 9.96. The Morgan fingerprint density at radius 2 is 1.03 bits per heavy atom. The van der Waals surface area contributed by atoms with Gasteiger partial charge in [0.05, 0.1) is 13.2 Å². The van der Waals surface area contributed by atoms with Gasteiger partial charge in [0.1, 0.15) is 48.8 Å². The number of aliphatic hydroxyl groups is 1. The van der Waals surface area contributed by atoms with E-state index in [9.17, 15) is 5.11 Å². The molecule has 2 aliphatic rings.